The first-order valence-electron chi connectivity index (χ1n) is 5.37. The molecule has 2 N–H and O–H groups in total. The molecule has 0 saturated heterocycles. The van der Waals surface area contributed by atoms with Crippen molar-refractivity contribution in [1.82, 2.24) is 5.32 Å². The number of esters is 1. The third-order valence-corrected chi connectivity index (χ3v) is 2.99. The van der Waals surface area contributed by atoms with E-state index < -0.39 is 0 Å². The summed E-state index contributed by atoms with van der Waals surface area (Å²) in [7, 11) is 1.35. The molecule has 17 heavy (non-hydrogen) atoms. The van der Waals surface area contributed by atoms with E-state index in [2.05, 4.69) is 26.0 Å². The highest BCUT2D eigenvalue weighted by atomic mass is 79.9. The fourth-order valence-corrected chi connectivity index (χ4v) is 1.94. The number of hydrogen-bond donors (Lipinski definition) is 2. The normalized spacial score (nSPS) is 12.2. The van der Waals surface area contributed by atoms with Crippen molar-refractivity contribution in [2.45, 2.75) is 19.4 Å². The van der Waals surface area contributed by atoms with Gasteiger partial charge in [0.2, 0.25) is 0 Å². The minimum atomic E-state index is -0.321. The summed E-state index contributed by atoms with van der Waals surface area (Å²) < 4.78 is 5.45. The number of carbonyl (C=O) groups excluding carboxylic acids is 1. The van der Waals surface area contributed by atoms with Crippen LogP contribution >= 0.6 is 15.9 Å². The Morgan fingerprint density at radius 2 is 2.29 bits per heavy atom. The molecule has 0 saturated carbocycles. The third-order valence-electron chi connectivity index (χ3n) is 2.49. The van der Waals surface area contributed by atoms with Gasteiger partial charge in [-0.3, -0.25) is 10.1 Å². The minimum absolute atomic E-state index is 0.0772. The van der Waals surface area contributed by atoms with Crippen molar-refractivity contribution in [2.75, 3.05) is 13.7 Å². The summed E-state index contributed by atoms with van der Waals surface area (Å²) in [6.07, 6.45) is 0.765. The van der Waals surface area contributed by atoms with E-state index in [1.807, 2.05) is 13.0 Å². The Kier molecular flexibility index (Phi) is 5.44. The van der Waals surface area contributed by atoms with Crippen LogP contribution in [-0.2, 0) is 9.53 Å². The van der Waals surface area contributed by atoms with E-state index in [0.29, 0.717) is 0 Å². The van der Waals surface area contributed by atoms with Crippen LogP contribution < -0.4 is 5.32 Å². The Hall–Kier alpha value is -1.07. The van der Waals surface area contributed by atoms with Gasteiger partial charge in [-0.15, -0.1) is 0 Å². The number of methoxy groups -OCH3 is 1. The van der Waals surface area contributed by atoms with Crippen LogP contribution in [0.15, 0.2) is 22.7 Å². The largest absolute Gasteiger partial charge is 0.508 e. The van der Waals surface area contributed by atoms with E-state index in [0.717, 1.165) is 16.5 Å². The van der Waals surface area contributed by atoms with Crippen molar-refractivity contribution in [2.24, 2.45) is 0 Å². The Labute approximate surface area is 109 Å². The van der Waals surface area contributed by atoms with Crippen molar-refractivity contribution in [3.63, 3.8) is 0 Å². The maximum absolute atomic E-state index is 11.1. The van der Waals surface area contributed by atoms with Crippen LogP contribution in [0.2, 0.25) is 0 Å². The Balaban J connectivity index is 2.78. The van der Waals surface area contributed by atoms with E-state index >= 15 is 0 Å². The minimum Gasteiger partial charge on any atom is -0.508 e. The molecule has 0 heterocycles. The van der Waals surface area contributed by atoms with Crippen LogP contribution in [0, 0.1) is 0 Å². The predicted molar refractivity (Wildman–Crippen MR) is 68.9 cm³/mol. The van der Waals surface area contributed by atoms with Gasteiger partial charge in [0.25, 0.3) is 0 Å². The summed E-state index contributed by atoms with van der Waals surface area (Å²) in [5.74, 6) is -0.102. The molecule has 1 aromatic carbocycles. The van der Waals surface area contributed by atoms with Gasteiger partial charge in [-0.05, 0) is 24.6 Å². The summed E-state index contributed by atoms with van der Waals surface area (Å²) >= 11 is 3.36. The quantitative estimate of drug-likeness (QED) is 0.820. The lowest BCUT2D eigenvalue weighted by Crippen LogP contribution is -2.28. The van der Waals surface area contributed by atoms with Crippen molar-refractivity contribution in [3.8, 4) is 5.75 Å². The summed E-state index contributed by atoms with van der Waals surface area (Å²) in [6.45, 7) is 2.11. The Morgan fingerprint density at radius 1 is 1.59 bits per heavy atom. The average molecular weight is 302 g/mol. The lowest BCUT2D eigenvalue weighted by molar-refractivity contribution is -0.139. The van der Waals surface area contributed by atoms with Crippen molar-refractivity contribution >= 4 is 21.9 Å². The number of ether oxygens (including phenoxy) is 1. The van der Waals surface area contributed by atoms with Gasteiger partial charge in [-0.25, -0.2) is 0 Å². The third kappa shape index (κ3) is 4.02. The Morgan fingerprint density at radius 3 is 2.88 bits per heavy atom. The molecule has 4 nitrogen and oxygen atoms in total. The standard InChI is InChI=1S/C12H16BrNO3/c1-3-10(14-7-12(16)17-2)9-6-8(13)4-5-11(9)15/h4-6,10,14-15H,3,7H2,1-2H3. The van der Waals surface area contributed by atoms with Gasteiger partial charge in [0, 0.05) is 16.1 Å². The lowest BCUT2D eigenvalue weighted by atomic mass is 10.0. The highest BCUT2D eigenvalue weighted by molar-refractivity contribution is 9.10. The molecule has 0 spiro atoms. The van der Waals surface area contributed by atoms with E-state index in [-0.39, 0.29) is 24.3 Å². The van der Waals surface area contributed by atoms with Gasteiger partial charge >= 0.3 is 5.97 Å². The highest BCUT2D eigenvalue weighted by Gasteiger charge is 2.14. The molecule has 0 radical (unpaired) electrons. The molecule has 0 aliphatic carbocycles. The lowest BCUT2D eigenvalue weighted by Gasteiger charge is -2.18. The van der Waals surface area contributed by atoms with E-state index in [4.69, 9.17) is 0 Å². The molecule has 0 aliphatic rings. The molecule has 0 fully saturated rings. The highest BCUT2D eigenvalue weighted by Crippen LogP contribution is 2.29. The summed E-state index contributed by atoms with van der Waals surface area (Å²) in [6, 6.07) is 5.16. The van der Waals surface area contributed by atoms with Gasteiger partial charge in [0.05, 0.1) is 13.7 Å². The van der Waals surface area contributed by atoms with Crippen LogP contribution in [0.4, 0.5) is 0 Å². The predicted octanol–water partition coefficient (Wildman–Crippen LogP) is 2.37. The van der Waals surface area contributed by atoms with Crippen LogP contribution in [0.3, 0.4) is 0 Å². The summed E-state index contributed by atoms with van der Waals surface area (Å²) in [5, 5.41) is 12.8. The molecule has 1 unspecified atom stereocenters. The zero-order valence-corrected chi connectivity index (χ0v) is 11.5. The van der Waals surface area contributed by atoms with Gasteiger partial charge in [-0.2, -0.15) is 0 Å². The molecule has 94 valence electrons. The summed E-state index contributed by atoms with van der Waals surface area (Å²) in [4.78, 5) is 11.1. The molecular formula is C12H16BrNO3. The molecule has 0 bridgehead atoms. The van der Waals surface area contributed by atoms with Crippen molar-refractivity contribution in [3.05, 3.63) is 28.2 Å². The van der Waals surface area contributed by atoms with E-state index in [9.17, 15) is 9.90 Å². The van der Waals surface area contributed by atoms with Crippen molar-refractivity contribution in [1.29, 1.82) is 0 Å². The molecule has 1 aromatic rings. The Bertz CT molecular complexity index is 395. The van der Waals surface area contributed by atoms with Crippen molar-refractivity contribution < 1.29 is 14.6 Å². The molecule has 0 aliphatic heterocycles. The number of aromatic hydroxyl groups is 1. The smallest absolute Gasteiger partial charge is 0.319 e. The fraction of sp³-hybridized carbons (Fsp3) is 0.417. The van der Waals surface area contributed by atoms with Gasteiger partial charge in [0.1, 0.15) is 5.75 Å². The first kappa shape index (κ1) is 14.0. The fourth-order valence-electron chi connectivity index (χ4n) is 1.56. The van der Waals surface area contributed by atoms with Gasteiger partial charge in [0.15, 0.2) is 0 Å². The van der Waals surface area contributed by atoms with Crippen LogP contribution in [0.5, 0.6) is 5.75 Å². The number of phenols is 1. The number of hydrogen-bond acceptors (Lipinski definition) is 4. The molecule has 1 atom stereocenters. The maximum atomic E-state index is 11.1. The number of benzene rings is 1. The monoisotopic (exact) mass is 301 g/mol. The second kappa shape index (κ2) is 6.61. The first-order valence-corrected chi connectivity index (χ1v) is 6.16. The average Bonchev–Trinajstić information content (AvgIpc) is 2.33. The number of halogens is 1. The van der Waals surface area contributed by atoms with Gasteiger partial charge < -0.3 is 9.84 Å². The second-order valence-corrected chi connectivity index (χ2v) is 4.54. The number of carbonyl (C=O) groups is 1. The number of phenolic OH excluding ortho intramolecular Hbond substituents is 1. The topological polar surface area (TPSA) is 58.6 Å². The molecule has 0 amide bonds. The van der Waals surface area contributed by atoms with Crippen LogP contribution in [0.1, 0.15) is 24.9 Å². The molecular weight excluding hydrogens is 286 g/mol. The van der Waals surface area contributed by atoms with E-state index in [1.165, 1.54) is 7.11 Å². The molecule has 1 rings (SSSR count). The SMILES string of the molecule is CCC(NCC(=O)OC)c1cc(Br)ccc1O. The molecule has 5 heteroatoms. The zero-order chi connectivity index (χ0) is 12.8. The van der Waals surface area contributed by atoms with Crippen LogP contribution in [0.25, 0.3) is 0 Å². The second-order valence-electron chi connectivity index (χ2n) is 3.62. The maximum Gasteiger partial charge on any atom is 0.319 e. The molecule has 0 aromatic heterocycles. The number of nitrogens with one attached hydrogen (secondary N) is 1. The van der Waals surface area contributed by atoms with Gasteiger partial charge in [-0.1, -0.05) is 22.9 Å². The number of rotatable bonds is 5. The van der Waals surface area contributed by atoms with Crippen LogP contribution in [-0.4, -0.2) is 24.7 Å². The zero-order valence-electron chi connectivity index (χ0n) is 9.87. The van der Waals surface area contributed by atoms with E-state index in [1.54, 1.807) is 12.1 Å². The summed E-state index contributed by atoms with van der Waals surface area (Å²) in [5.41, 5.74) is 0.769. The first-order chi connectivity index (χ1) is 8.08.